The number of para-hydroxylation sites is 1. The van der Waals surface area contributed by atoms with Crippen molar-refractivity contribution in [1.82, 2.24) is 4.90 Å². The van der Waals surface area contributed by atoms with Crippen molar-refractivity contribution in [3.05, 3.63) is 29.3 Å². The van der Waals surface area contributed by atoms with E-state index in [1.807, 2.05) is 39.0 Å². The average Bonchev–Trinajstić information content (AvgIpc) is 2.48. The highest BCUT2D eigenvalue weighted by Crippen LogP contribution is 2.27. The number of hydrogen-bond donors (Lipinski definition) is 3. The summed E-state index contributed by atoms with van der Waals surface area (Å²) in [7, 11) is 0. The Morgan fingerprint density at radius 1 is 1.18 bits per heavy atom. The Morgan fingerprint density at radius 2 is 1.77 bits per heavy atom. The van der Waals surface area contributed by atoms with Crippen molar-refractivity contribution < 1.29 is 19.8 Å². The van der Waals surface area contributed by atoms with Crippen LogP contribution < -0.4 is 5.32 Å². The van der Waals surface area contributed by atoms with Gasteiger partial charge in [-0.25, -0.2) is 0 Å². The molecule has 0 atom stereocenters. The van der Waals surface area contributed by atoms with Gasteiger partial charge in [-0.2, -0.15) is 0 Å². The second-order valence-electron chi connectivity index (χ2n) is 5.39. The fourth-order valence-corrected chi connectivity index (χ4v) is 2.21. The van der Waals surface area contributed by atoms with Crippen LogP contribution in [0.4, 0.5) is 5.69 Å². The monoisotopic (exact) mass is 308 g/mol. The molecule has 0 saturated heterocycles. The van der Waals surface area contributed by atoms with Gasteiger partial charge in [0.25, 0.3) is 0 Å². The summed E-state index contributed by atoms with van der Waals surface area (Å²) in [5.74, 6) is -1.32. The van der Waals surface area contributed by atoms with Crippen LogP contribution in [-0.4, -0.2) is 53.2 Å². The number of nitrogens with one attached hydrogen (secondary N) is 1. The van der Waals surface area contributed by atoms with Crippen molar-refractivity contribution in [3.63, 3.8) is 0 Å². The second-order valence-corrected chi connectivity index (χ2v) is 5.39. The van der Waals surface area contributed by atoms with E-state index in [1.54, 1.807) is 0 Å². The van der Waals surface area contributed by atoms with Crippen LogP contribution in [0.15, 0.2) is 18.2 Å². The first-order valence-electron chi connectivity index (χ1n) is 7.33. The number of benzene rings is 1. The van der Waals surface area contributed by atoms with Crippen molar-refractivity contribution in [2.75, 3.05) is 31.6 Å². The van der Waals surface area contributed by atoms with Gasteiger partial charge < -0.3 is 20.4 Å². The SMILES string of the molecule is Cc1cccc(C(C)C)c1NC(=O)C(=O)N(CCO)CCO. The van der Waals surface area contributed by atoms with Gasteiger partial charge in [-0.1, -0.05) is 32.0 Å². The van der Waals surface area contributed by atoms with E-state index in [0.29, 0.717) is 5.69 Å². The van der Waals surface area contributed by atoms with E-state index in [-0.39, 0.29) is 32.2 Å². The van der Waals surface area contributed by atoms with Gasteiger partial charge >= 0.3 is 11.8 Å². The molecule has 0 radical (unpaired) electrons. The zero-order valence-electron chi connectivity index (χ0n) is 13.3. The van der Waals surface area contributed by atoms with E-state index >= 15 is 0 Å². The Kier molecular flexibility index (Phi) is 7.01. The maximum Gasteiger partial charge on any atom is 0.313 e. The number of amides is 2. The molecule has 0 saturated carbocycles. The summed E-state index contributed by atoms with van der Waals surface area (Å²) in [6.45, 7) is 5.38. The van der Waals surface area contributed by atoms with E-state index in [2.05, 4.69) is 5.32 Å². The summed E-state index contributed by atoms with van der Waals surface area (Å²) < 4.78 is 0. The van der Waals surface area contributed by atoms with Gasteiger partial charge in [-0.3, -0.25) is 9.59 Å². The van der Waals surface area contributed by atoms with E-state index in [0.717, 1.165) is 16.0 Å². The van der Waals surface area contributed by atoms with Crippen LogP contribution in [0, 0.1) is 6.92 Å². The highest BCUT2D eigenvalue weighted by Gasteiger charge is 2.23. The summed E-state index contributed by atoms with van der Waals surface area (Å²) in [6, 6.07) is 5.69. The molecule has 1 aromatic carbocycles. The smallest absolute Gasteiger partial charge is 0.313 e. The minimum Gasteiger partial charge on any atom is -0.395 e. The molecule has 2 amide bonds. The van der Waals surface area contributed by atoms with Crippen LogP contribution in [0.3, 0.4) is 0 Å². The Bertz CT molecular complexity index is 523. The maximum atomic E-state index is 12.2. The number of hydrogen-bond acceptors (Lipinski definition) is 4. The molecule has 6 nitrogen and oxygen atoms in total. The molecular formula is C16H24N2O4. The molecule has 0 aliphatic heterocycles. The molecule has 0 fully saturated rings. The first-order valence-corrected chi connectivity index (χ1v) is 7.33. The average molecular weight is 308 g/mol. The van der Waals surface area contributed by atoms with Gasteiger partial charge in [0.1, 0.15) is 0 Å². The molecule has 22 heavy (non-hydrogen) atoms. The summed E-state index contributed by atoms with van der Waals surface area (Å²) in [6.07, 6.45) is 0. The summed E-state index contributed by atoms with van der Waals surface area (Å²) in [4.78, 5) is 25.4. The van der Waals surface area contributed by atoms with Gasteiger partial charge in [0, 0.05) is 18.8 Å². The molecule has 0 aromatic heterocycles. The highest BCUT2D eigenvalue weighted by atomic mass is 16.3. The van der Waals surface area contributed by atoms with E-state index in [1.165, 1.54) is 0 Å². The fraction of sp³-hybridized carbons (Fsp3) is 0.500. The molecule has 1 rings (SSSR count). The third-order valence-corrected chi connectivity index (χ3v) is 3.39. The number of anilines is 1. The zero-order valence-corrected chi connectivity index (χ0v) is 13.3. The normalized spacial score (nSPS) is 10.6. The summed E-state index contributed by atoms with van der Waals surface area (Å²) in [5, 5.41) is 20.5. The predicted molar refractivity (Wildman–Crippen MR) is 84.6 cm³/mol. The first-order chi connectivity index (χ1) is 10.4. The topological polar surface area (TPSA) is 89.9 Å². The molecule has 122 valence electrons. The number of rotatable bonds is 6. The maximum absolute atomic E-state index is 12.2. The molecule has 0 unspecified atom stereocenters. The van der Waals surface area contributed by atoms with Gasteiger partial charge in [0.05, 0.1) is 13.2 Å². The first kappa shape index (κ1) is 18.1. The molecule has 0 aliphatic carbocycles. The van der Waals surface area contributed by atoms with E-state index in [9.17, 15) is 9.59 Å². The lowest BCUT2D eigenvalue weighted by molar-refractivity contribution is -0.143. The fourth-order valence-electron chi connectivity index (χ4n) is 2.21. The largest absolute Gasteiger partial charge is 0.395 e. The Balaban J connectivity index is 2.94. The zero-order chi connectivity index (χ0) is 16.7. The molecule has 1 aromatic rings. The van der Waals surface area contributed by atoms with Gasteiger partial charge in [0.2, 0.25) is 0 Å². The number of aliphatic hydroxyl groups excluding tert-OH is 2. The Hall–Kier alpha value is -1.92. The van der Waals surface area contributed by atoms with Crippen molar-refractivity contribution in [2.24, 2.45) is 0 Å². The second kappa shape index (κ2) is 8.51. The molecule has 3 N–H and O–H groups in total. The van der Waals surface area contributed by atoms with Crippen molar-refractivity contribution in [1.29, 1.82) is 0 Å². The Morgan fingerprint density at radius 3 is 2.27 bits per heavy atom. The predicted octanol–water partition coefficient (Wildman–Crippen LogP) is 0.870. The minimum absolute atomic E-state index is 0.0115. The van der Waals surface area contributed by atoms with Gasteiger partial charge in [0.15, 0.2) is 0 Å². The third kappa shape index (κ3) is 4.54. The lowest BCUT2D eigenvalue weighted by atomic mass is 9.98. The summed E-state index contributed by atoms with van der Waals surface area (Å²) >= 11 is 0. The number of nitrogens with zero attached hydrogens (tertiary/aromatic N) is 1. The standard InChI is InChI=1S/C16H24N2O4/c1-11(2)13-6-4-5-12(3)14(13)17-15(21)16(22)18(7-9-19)8-10-20/h4-6,11,19-20H,7-10H2,1-3H3,(H,17,21). The van der Waals surface area contributed by atoms with Crippen LogP contribution in [0.25, 0.3) is 0 Å². The number of aryl methyl sites for hydroxylation is 1. The minimum atomic E-state index is -0.766. The van der Waals surface area contributed by atoms with Crippen molar-refractivity contribution in [2.45, 2.75) is 26.7 Å². The molecule has 0 spiro atoms. The quantitative estimate of drug-likeness (QED) is 0.680. The Labute approximate surface area is 130 Å². The lowest BCUT2D eigenvalue weighted by Gasteiger charge is -2.21. The molecule has 0 aliphatic rings. The van der Waals surface area contributed by atoms with Gasteiger partial charge in [-0.05, 0) is 24.0 Å². The highest BCUT2D eigenvalue weighted by molar-refractivity contribution is 6.39. The van der Waals surface area contributed by atoms with Crippen molar-refractivity contribution >= 4 is 17.5 Å². The van der Waals surface area contributed by atoms with Crippen LogP contribution in [0.5, 0.6) is 0 Å². The molecule has 0 heterocycles. The van der Waals surface area contributed by atoms with Crippen LogP contribution in [0.1, 0.15) is 30.9 Å². The van der Waals surface area contributed by atoms with E-state index < -0.39 is 11.8 Å². The summed E-state index contributed by atoms with van der Waals surface area (Å²) in [5.41, 5.74) is 2.48. The number of carbonyl (C=O) groups excluding carboxylic acids is 2. The molecule has 0 bridgehead atoms. The lowest BCUT2D eigenvalue weighted by Crippen LogP contribution is -2.42. The van der Waals surface area contributed by atoms with E-state index in [4.69, 9.17) is 10.2 Å². The number of aliphatic hydroxyl groups is 2. The molecule has 6 heteroatoms. The number of carbonyl (C=O) groups is 2. The van der Waals surface area contributed by atoms with Crippen LogP contribution in [0.2, 0.25) is 0 Å². The molecular weight excluding hydrogens is 284 g/mol. The van der Waals surface area contributed by atoms with Gasteiger partial charge in [-0.15, -0.1) is 0 Å². The van der Waals surface area contributed by atoms with Crippen molar-refractivity contribution in [3.8, 4) is 0 Å². The third-order valence-electron chi connectivity index (χ3n) is 3.39. The van der Waals surface area contributed by atoms with Crippen LogP contribution >= 0.6 is 0 Å². The van der Waals surface area contributed by atoms with Crippen LogP contribution in [-0.2, 0) is 9.59 Å².